The zero-order valence-electron chi connectivity index (χ0n) is 12.8. The molecule has 3 rings (SSSR count). The van der Waals surface area contributed by atoms with Gasteiger partial charge < -0.3 is 10.6 Å². The highest BCUT2D eigenvalue weighted by molar-refractivity contribution is 5.59. The molecule has 1 aliphatic heterocycles. The van der Waals surface area contributed by atoms with E-state index in [0.717, 1.165) is 25.0 Å². The maximum atomic E-state index is 3.81. The van der Waals surface area contributed by atoms with Crippen LogP contribution in [0.25, 0.3) is 0 Å². The molecule has 0 amide bonds. The summed E-state index contributed by atoms with van der Waals surface area (Å²) in [4.78, 5) is 0. The normalized spacial score (nSPS) is 26.4. The summed E-state index contributed by atoms with van der Waals surface area (Å²) in [7, 11) is 0. The maximum absolute atomic E-state index is 3.81. The minimum Gasteiger partial charge on any atom is -0.385 e. The van der Waals surface area contributed by atoms with Gasteiger partial charge >= 0.3 is 0 Å². The monoisotopic (exact) mass is 272 g/mol. The van der Waals surface area contributed by atoms with Crippen molar-refractivity contribution in [2.75, 3.05) is 11.9 Å². The maximum Gasteiger partial charge on any atom is 0.0418 e. The first-order valence-electron chi connectivity index (χ1n) is 8.41. The summed E-state index contributed by atoms with van der Waals surface area (Å²) in [5, 5.41) is 7.41. The lowest BCUT2D eigenvalue weighted by Gasteiger charge is -2.23. The van der Waals surface area contributed by atoms with E-state index in [1.807, 2.05) is 0 Å². The van der Waals surface area contributed by atoms with Gasteiger partial charge in [0.1, 0.15) is 0 Å². The Labute approximate surface area is 123 Å². The van der Waals surface area contributed by atoms with Gasteiger partial charge in [-0.05, 0) is 49.1 Å². The Morgan fingerprint density at radius 3 is 3.05 bits per heavy atom. The topological polar surface area (TPSA) is 24.1 Å². The Morgan fingerprint density at radius 1 is 1.15 bits per heavy atom. The number of hydrogen-bond donors (Lipinski definition) is 2. The van der Waals surface area contributed by atoms with Crippen LogP contribution in [-0.4, -0.2) is 12.6 Å². The molecule has 2 atom stereocenters. The van der Waals surface area contributed by atoms with E-state index in [4.69, 9.17) is 0 Å². The van der Waals surface area contributed by atoms with Gasteiger partial charge in [-0.3, -0.25) is 0 Å². The average Bonchev–Trinajstić information content (AvgIpc) is 2.70. The summed E-state index contributed by atoms with van der Waals surface area (Å²) in [6.45, 7) is 4.56. The van der Waals surface area contributed by atoms with Crippen molar-refractivity contribution in [1.82, 2.24) is 5.32 Å². The van der Waals surface area contributed by atoms with Crippen molar-refractivity contribution >= 4 is 5.69 Å². The zero-order chi connectivity index (χ0) is 13.8. The minimum absolute atomic E-state index is 0.722. The lowest BCUT2D eigenvalue weighted by atomic mass is 9.99. The van der Waals surface area contributed by atoms with E-state index in [1.54, 1.807) is 0 Å². The van der Waals surface area contributed by atoms with Gasteiger partial charge in [0.15, 0.2) is 0 Å². The quantitative estimate of drug-likeness (QED) is 0.809. The number of nitrogens with one attached hydrogen (secondary N) is 2. The van der Waals surface area contributed by atoms with Crippen LogP contribution in [0.4, 0.5) is 5.69 Å². The third-order valence-electron chi connectivity index (χ3n) is 5.00. The lowest BCUT2D eigenvalue weighted by molar-refractivity contribution is 0.447. The second-order valence-electron chi connectivity index (χ2n) is 6.67. The van der Waals surface area contributed by atoms with E-state index in [0.29, 0.717) is 0 Å². The summed E-state index contributed by atoms with van der Waals surface area (Å²) >= 11 is 0. The second-order valence-corrected chi connectivity index (χ2v) is 6.67. The van der Waals surface area contributed by atoms with E-state index in [1.165, 1.54) is 61.8 Å². The molecule has 2 aliphatic rings. The van der Waals surface area contributed by atoms with Crippen LogP contribution >= 0.6 is 0 Å². The smallest absolute Gasteiger partial charge is 0.0418 e. The molecule has 2 nitrogen and oxygen atoms in total. The highest BCUT2D eigenvalue weighted by Gasteiger charge is 2.17. The van der Waals surface area contributed by atoms with Gasteiger partial charge in [-0.15, -0.1) is 0 Å². The number of benzene rings is 1. The molecule has 2 heteroatoms. The molecule has 1 heterocycles. The van der Waals surface area contributed by atoms with Crippen molar-refractivity contribution in [2.24, 2.45) is 5.92 Å². The SMILES string of the molecule is CC1CCCC(NCc2cccc3c2NCCC3)CC1. The molecule has 1 saturated carbocycles. The van der Waals surface area contributed by atoms with Crippen molar-refractivity contribution in [3.63, 3.8) is 0 Å². The molecule has 1 aromatic rings. The van der Waals surface area contributed by atoms with Crippen LogP contribution in [0.15, 0.2) is 18.2 Å². The largest absolute Gasteiger partial charge is 0.385 e. The van der Waals surface area contributed by atoms with Crippen molar-refractivity contribution in [3.05, 3.63) is 29.3 Å². The summed E-state index contributed by atoms with van der Waals surface area (Å²) in [6.07, 6.45) is 9.41. The first-order chi connectivity index (χ1) is 9.83. The number of hydrogen-bond acceptors (Lipinski definition) is 2. The van der Waals surface area contributed by atoms with Gasteiger partial charge in [-0.25, -0.2) is 0 Å². The Balaban J connectivity index is 1.61. The van der Waals surface area contributed by atoms with Crippen LogP contribution < -0.4 is 10.6 Å². The predicted octanol–water partition coefficient (Wildman–Crippen LogP) is 4.10. The molecule has 0 aromatic heterocycles. The third-order valence-corrected chi connectivity index (χ3v) is 5.00. The lowest BCUT2D eigenvalue weighted by Crippen LogP contribution is -2.28. The molecular weight excluding hydrogens is 244 g/mol. The summed E-state index contributed by atoms with van der Waals surface area (Å²) in [5.74, 6) is 0.924. The Kier molecular flexibility index (Phi) is 4.62. The fraction of sp³-hybridized carbons (Fsp3) is 0.667. The first-order valence-corrected chi connectivity index (χ1v) is 8.41. The molecule has 0 saturated heterocycles. The Bertz CT molecular complexity index is 441. The number of rotatable bonds is 3. The molecule has 2 unspecified atom stereocenters. The molecule has 0 bridgehead atoms. The number of fused-ring (bicyclic) bond motifs is 1. The predicted molar refractivity (Wildman–Crippen MR) is 86.1 cm³/mol. The molecule has 0 radical (unpaired) electrons. The van der Waals surface area contributed by atoms with Crippen LogP contribution in [0.2, 0.25) is 0 Å². The molecular formula is C18H28N2. The van der Waals surface area contributed by atoms with Gasteiger partial charge in [-0.1, -0.05) is 38.0 Å². The standard InChI is InChI=1S/C18H28N2/c1-14-5-2-9-17(11-10-14)20-13-16-7-3-6-15-8-4-12-19-18(15)16/h3,6-7,14,17,19-20H,2,4-5,8-13H2,1H3. The highest BCUT2D eigenvalue weighted by atomic mass is 14.9. The Hall–Kier alpha value is -1.02. The zero-order valence-corrected chi connectivity index (χ0v) is 12.8. The fourth-order valence-corrected chi connectivity index (χ4v) is 3.67. The minimum atomic E-state index is 0.722. The van der Waals surface area contributed by atoms with Gasteiger partial charge in [0, 0.05) is 24.8 Å². The van der Waals surface area contributed by atoms with Crippen molar-refractivity contribution in [3.8, 4) is 0 Å². The van der Waals surface area contributed by atoms with Crippen LogP contribution in [0.1, 0.15) is 56.6 Å². The molecule has 2 N–H and O–H groups in total. The van der Waals surface area contributed by atoms with Crippen molar-refractivity contribution < 1.29 is 0 Å². The number of para-hydroxylation sites is 1. The second kappa shape index (κ2) is 6.62. The van der Waals surface area contributed by atoms with Crippen LogP contribution in [0.3, 0.4) is 0 Å². The number of anilines is 1. The van der Waals surface area contributed by atoms with E-state index in [9.17, 15) is 0 Å². The van der Waals surface area contributed by atoms with E-state index < -0.39 is 0 Å². The van der Waals surface area contributed by atoms with Crippen LogP contribution in [0, 0.1) is 5.92 Å². The molecule has 1 aliphatic carbocycles. The van der Waals surface area contributed by atoms with Gasteiger partial charge in [0.05, 0.1) is 0 Å². The first kappa shape index (κ1) is 13.9. The number of aryl methyl sites for hydroxylation is 1. The highest BCUT2D eigenvalue weighted by Crippen LogP contribution is 2.27. The van der Waals surface area contributed by atoms with Crippen molar-refractivity contribution in [2.45, 2.75) is 64.5 Å². The molecule has 110 valence electrons. The van der Waals surface area contributed by atoms with E-state index in [-0.39, 0.29) is 0 Å². The van der Waals surface area contributed by atoms with Gasteiger partial charge in [0.25, 0.3) is 0 Å². The van der Waals surface area contributed by atoms with Gasteiger partial charge in [0.2, 0.25) is 0 Å². The summed E-state index contributed by atoms with van der Waals surface area (Å²) in [5.41, 5.74) is 4.37. The summed E-state index contributed by atoms with van der Waals surface area (Å²) < 4.78 is 0. The summed E-state index contributed by atoms with van der Waals surface area (Å²) in [6, 6.07) is 7.50. The average molecular weight is 272 g/mol. The van der Waals surface area contributed by atoms with Crippen LogP contribution in [0.5, 0.6) is 0 Å². The van der Waals surface area contributed by atoms with Crippen LogP contribution in [-0.2, 0) is 13.0 Å². The van der Waals surface area contributed by atoms with Crippen molar-refractivity contribution in [1.29, 1.82) is 0 Å². The Morgan fingerprint density at radius 2 is 2.10 bits per heavy atom. The third kappa shape index (κ3) is 3.35. The molecule has 1 fully saturated rings. The van der Waals surface area contributed by atoms with Gasteiger partial charge in [-0.2, -0.15) is 0 Å². The molecule has 20 heavy (non-hydrogen) atoms. The van der Waals surface area contributed by atoms with E-state index in [2.05, 4.69) is 35.8 Å². The molecule has 1 aromatic carbocycles. The molecule has 0 spiro atoms. The van der Waals surface area contributed by atoms with E-state index >= 15 is 0 Å². The fourth-order valence-electron chi connectivity index (χ4n) is 3.67.